The molecule has 0 spiro atoms. The fourth-order valence-corrected chi connectivity index (χ4v) is 2.19. The Labute approximate surface area is 127 Å². The van der Waals surface area contributed by atoms with Gasteiger partial charge in [-0.3, -0.25) is 9.59 Å². The van der Waals surface area contributed by atoms with Gasteiger partial charge in [-0.15, -0.1) is 0 Å². The highest BCUT2D eigenvalue weighted by molar-refractivity contribution is 5.92. The van der Waals surface area contributed by atoms with E-state index in [1.54, 1.807) is 19.2 Å². The number of amides is 1. The van der Waals surface area contributed by atoms with Gasteiger partial charge in [0.05, 0.1) is 0 Å². The number of aliphatic hydroxyl groups excluding tert-OH is 2. The number of hydrogen-bond acceptors (Lipinski definition) is 6. The highest BCUT2D eigenvalue weighted by Gasteiger charge is 2.48. The first-order valence-corrected chi connectivity index (χ1v) is 6.92. The van der Waals surface area contributed by atoms with E-state index in [1.807, 2.05) is 0 Å². The van der Waals surface area contributed by atoms with E-state index < -0.39 is 36.4 Å². The van der Waals surface area contributed by atoms with E-state index in [0.717, 1.165) is 0 Å². The van der Waals surface area contributed by atoms with Gasteiger partial charge in [-0.1, -0.05) is 6.92 Å². The van der Waals surface area contributed by atoms with Crippen LogP contribution in [0.15, 0.2) is 24.5 Å². The normalized spacial score (nSPS) is 27.6. The molecular weight excluding hydrogens is 292 g/mol. The molecule has 8 nitrogen and oxygen atoms in total. The minimum Gasteiger partial charge on any atom is -0.463 e. The van der Waals surface area contributed by atoms with Gasteiger partial charge in [-0.05, 0) is 6.07 Å². The van der Waals surface area contributed by atoms with Crippen LogP contribution in [0.5, 0.6) is 0 Å². The molecule has 8 heteroatoms. The fourth-order valence-electron chi connectivity index (χ4n) is 2.19. The van der Waals surface area contributed by atoms with Crippen LogP contribution in [0.4, 0.5) is 0 Å². The van der Waals surface area contributed by atoms with Crippen molar-refractivity contribution < 1.29 is 33.8 Å². The number of hydrogen-bond donors (Lipinski definition) is 3. The molecule has 0 radical (unpaired) electrons. The number of carbonyl (C=O) groups excluding carboxylic acids is 2. The number of esters is 1. The van der Waals surface area contributed by atoms with E-state index >= 15 is 0 Å². The molecule has 0 aliphatic carbocycles. The van der Waals surface area contributed by atoms with Gasteiger partial charge in [-0.2, -0.15) is 4.57 Å². The third kappa shape index (κ3) is 3.41. The minimum atomic E-state index is -1.22. The summed E-state index contributed by atoms with van der Waals surface area (Å²) < 4.78 is 11.9. The van der Waals surface area contributed by atoms with Crippen LogP contribution in [-0.4, -0.2) is 47.0 Å². The topological polar surface area (TPSA) is 123 Å². The molecular formula is C14H19N2O6+. The zero-order valence-corrected chi connectivity index (χ0v) is 12.1. The van der Waals surface area contributed by atoms with E-state index in [1.165, 1.54) is 16.8 Å². The number of nitrogens with two attached hydrogens (primary N) is 1. The molecule has 4 N–H and O–H groups in total. The summed E-state index contributed by atoms with van der Waals surface area (Å²) in [4.78, 5) is 22.3. The molecule has 22 heavy (non-hydrogen) atoms. The second-order valence-corrected chi connectivity index (χ2v) is 4.99. The van der Waals surface area contributed by atoms with Crippen molar-refractivity contribution in [3.05, 3.63) is 30.1 Å². The molecule has 1 saturated heterocycles. The molecule has 1 aliphatic heterocycles. The van der Waals surface area contributed by atoms with E-state index in [-0.39, 0.29) is 18.6 Å². The summed E-state index contributed by atoms with van der Waals surface area (Å²) >= 11 is 0. The number of nitrogens with zero attached hydrogens (tertiary/aromatic N) is 1. The van der Waals surface area contributed by atoms with Gasteiger partial charge >= 0.3 is 5.97 Å². The van der Waals surface area contributed by atoms with Crippen LogP contribution in [0.2, 0.25) is 0 Å². The summed E-state index contributed by atoms with van der Waals surface area (Å²) in [6.45, 7) is 1.49. The molecule has 1 fully saturated rings. The molecule has 2 heterocycles. The van der Waals surface area contributed by atoms with Crippen molar-refractivity contribution in [1.29, 1.82) is 0 Å². The summed E-state index contributed by atoms with van der Waals surface area (Å²) in [6.07, 6.45) is -0.973. The first kappa shape index (κ1) is 16.3. The zero-order chi connectivity index (χ0) is 16.3. The lowest BCUT2D eigenvalue weighted by Crippen LogP contribution is -2.46. The zero-order valence-electron chi connectivity index (χ0n) is 12.1. The molecule has 120 valence electrons. The van der Waals surface area contributed by atoms with Crippen molar-refractivity contribution in [3.8, 4) is 0 Å². The van der Waals surface area contributed by atoms with Crippen LogP contribution >= 0.6 is 0 Å². The second-order valence-electron chi connectivity index (χ2n) is 4.99. The molecule has 0 bridgehead atoms. The summed E-state index contributed by atoms with van der Waals surface area (Å²) in [7, 11) is 0. The van der Waals surface area contributed by atoms with Gasteiger partial charge in [0, 0.05) is 12.5 Å². The molecule has 1 aromatic heterocycles. The maximum atomic E-state index is 11.2. The molecule has 1 aromatic rings. The first-order valence-electron chi connectivity index (χ1n) is 6.92. The van der Waals surface area contributed by atoms with E-state index in [9.17, 15) is 19.8 Å². The molecule has 0 unspecified atom stereocenters. The summed E-state index contributed by atoms with van der Waals surface area (Å²) in [5.41, 5.74) is 5.45. The Bertz CT molecular complexity index is 564. The van der Waals surface area contributed by atoms with Crippen molar-refractivity contribution in [3.63, 3.8) is 0 Å². The Hall–Kier alpha value is -2.03. The predicted molar refractivity (Wildman–Crippen MR) is 72.3 cm³/mol. The van der Waals surface area contributed by atoms with Gasteiger partial charge in [0.25, 0.3) is 12.1 Å². The highest BCUT2D eigenvalue weighted by Crippen LogP contribution is 2.25. The maximum Gasteiger partial charge on any atom is 0.305 e. The lowest BCUT2D eigenvalue weighted by Gasteiger charge is -2.13. The van der Waals surface area contributed by atoms with Crippen LogP contribution in [-0.2, 0) is 14.3 Å². The van der Waals surface area contributed by atoms with Crippen LogP contribution in [0.25, 0.3) is 0 Å². The van der Waals surface area contributed by atoms with Crippen molar-refractivity contribution in [2.75, 3.05) is 6.61 Å². The molecule has 2 rings (SSSR count). The molecule has 1 amide bonds. The lowest BCUT2D eigenvalue weighted by molar-refractivity contribution is -0.765. The third-order valence-electron chi connectivity index (χ3n) is 3.43. The Kier molecular flexibility index (Phi) is 5.07. The standard InChI is InChI=1S/C14H18N2O6/c1-2-10(17)21-7-9-11(18)12(19)14(22-9)16-5-3-4-8(6-16)13(15)20/h3-6,9,11-12,14,18-19H,2,7H2,1H3,(H-,15,20)/p+1/t9-,11-,12-,14-/m1/s1. The number of aliphatic hydroxyl groups is 2. The Balaban J connectivity index is 2.11. The quantitative estimate of drug-likeness (QED) is 0.456. The van der Waals surface area contributed by atoms with Crippen molar-refractivity contribution >= 4 is 11.9 Å². The highest BCUT2D eigenvalue weighted by atomic mass is 16.6. The van der Waals surface area contributed by atoms with Crippen molar-refractivity contribution in [1.82, 2.24) is 0 Å². The maximum absolute atomic E-state index is 11.2. The predicted octanol–water partition coefficient (Wildman–Crippen LogP) is -1.35. The lowest BCUT2D eigenvalue weighted by atomic mass is 10.1. The van der Waals surface area contributed by atoms with Crippen LogP contribution in [0, 0.1) is 0 Å². The van der Waals surface area contributed by atoms with Gasteiger partial charge in [0.2, 0.25) is 0 Å². The number of rotatable bonds is 5. The van der Waals surface area contributed by atoms with Crippen LogP contribution in [0.3, 0.4) is 0 Å². The van der Waals surface area contributed by atoms with Crippen molar-refractivity contribution in [2.45, 2.75) is 37.9 Å². The Morgan fingerprint density at radius 2 is 2.14 bits per heavy atom. The Morgan fingerprint density at radius 3 is 2.77 bits per heavy atom. The van der Waals surface area contributed by atoms with Crippen molar-refractivity contribution in [2.24, 2.45) is 5.73 Å². The van der Waals surface area contributed by atoms with E-state index in [2.05, 4.69) is 0 Å². The SMILES string of the molecule is CCC(=O)OC[C@H]1O[C@@H]([n+]2cccc(C(N)=O)c2)[C@H](O)[C@@H]1O. The average Bonchev–Trinajstić information content (AvgIpc) is 2.80. The molecule has 0 saturated carbocycles. The van der Waals surface area contributed by atoms with Gasteiger partial charge in [-0.25, -0.2) is 0 Å². The summed E-state index contributed by atoms with van der Waals surface area (Å²) in [5, 5.41) is 20.1. The Morgan fingerprint density at radius 1 is 1.41 bits per heavy atom. The smallest absolute Gasteiger partial charge is 0.305 e. The fraction of sp³-hybridized carbons (Fsp3) is 0.500. The minimum absolute atomic E-state index is 0.155. The van der Waals surface area contributed by atoms with Crippen LogP contribution < -0.4 is 10.3 Å². The number of ether oxygens (including phenoxy) is 2. The summed E-state index contributed by atoms with van der Waals surface area (Å²) in [5.74, 6) is -1.03. The van der Waals surface area contributed by atoms with Gasteiger partial charge in [0.1, 0.15) is 24.4 Å². The number of aromatic nitrogens is 1. The van der Waals surface area contributed by atoms with E-state index in [0.29, 0.717) is 0 Å². The number of pyridine rings is 1. The first-order chi connectivity index (χ1) is 10.4. The molecule has 1 aliphatic rings. The number of primary amides is 1. The van der Waals surface area contributed by atoms with Gasteiger partial charge in [0.15, 0.2) is 18.5 Å². The molecule has 0 aromatic carbocycles. The van der Waals surface area contributed by atoms with Gasteiger partial charge < -0.3 is 25.4 Å². The van der Waals surface area contributed by atoms with Crippen LogP contribution in [0.1, 0.15) is 29.9 Å². The largest absolute Gasteiger partial charge is 0.463 e. The number of carbonyl (C=O) groups is 2. The average molecular weight is 311 g/mol. The monoisotopic (exact) mass is 311 g/mol. The molecule has 4 atom stereocenters. The second kappa shape index (κ2) is 6.82. The third-order valence-corrected chi connectivity index (χ3v) is 3.43. The summed E-state index contributed by atoms with van der Waals surface area (Å²) in [6, 6.07) is 3.10. The van der Waals surface area contributed by atoms with E-state index in [4.69, 9.17) is 15.2 Å².